The number of hydrogen-bond acceptors (Lipinski definition) is 6. The molecular formula is C30H32N4O5S. The van der Waals surface area contributed by atoms with Crippen molar-refractivity contribution in [1.29, 1.82) is 0 Å². The van der Waals surface area contributed by atoms with Gasteiger partial charge in [-0.15, -0.1) is 0 Å². The van der Waals surface area contributed by atoms with Gasteiger partial charge in [0.05, 0.1) is 31.0 Å². The molecule has 0 aliphatic heterocycles. The Morgan fingerprint density at radius 2 is 1.60 bits per heavy atom. The molecule has 1 heterocycles. The van der Waals surface area contributed by atoms with E-state index in [0.29, 0.717) is 11.4 Å². The molecule has 0 saturated carbocycles. The average Bonchev–Trinajstić information content (AvgIpc) is 3.24. The van der Waals surface area contributed by atoms with Gasteiger partial charge in [0.1, 0.15) is 6.54 Å². The number of rotatable bonds is 10. The maximum atomic E-state index is 13.7. The van der Waals surface area contributed by atoms with Crippen molar-refractivity contribution in [2.24, 2.45) is 5.10 Å². The van der Waals surface area contributed by atoms with Crippen LogP contribution in [0.1, 0.15) is 22.5 Å². The number of benzene rings is 3. The number of nitrogens with zero attached hydrogens (tertiary/aromatic N) is 3. The van der Waals surface area contributed by atoms with Crippen molar-refractivity contribution in [3.63, 3.8) is 0 Å². The number of aromatic nitrogens is 1. The van der Waals surface area contributed by atoms with Crippen molar-refractivity contribution in [2.45, 2.75) is 25.7 Å². The molecule has 0 aliphatic carbocycles. The van der Waals surface area contributed by atoms with Gasteiger partial charge in [-0.25, -0.2) is 13.8 Å². The number of amides is 1. The molecule has 0 aliphatic rings. The molecule has 0 spiro atoms. The molecule has 9 nitrogen and oxygen atoms in total. The molecule has 10 heteroatoms. The molecule has 0 fully saturated rings. The van der Waals surface area contributed by atoms with Gasteiger partial charge < -0.3 is 14.0 Å². The fraction of sp³-hybridized carbons (Fsp3) is 0.200. The summed E-state index contributed by atoms with van der Waals surface area (Å²) in [6.07, 6.45) is 1.56. The minimum Gasteiger partial charge on any atom is -0.493 e. The van der Waals surface area contributed by atoms with E-state index in [9.17, 15) is 13.2 Å². The van der Waals surface area contributed by atoms with E-state index in [1.165, 1.54) is 38.0 Å². The fourth-order valence-electron chi connectivity index (χ4n) is 4.36. The maximum Gasteiger partial charge on any atom is 0.264 e. The van der Waals surface area contributed by atoms with Crippen LogP contribution in [0.3, 0.4) is 0 Å². The molecule has 1 N–H and O–H groups in total. The number of ether oxygens (including phenoxy) is 2. The number of carbonyl (C=O) groups is 1. The smallest absolute Gasteiger partial charge is 0.264 e. The monoisotopic (exact) mass is 560 g/mol. The summed E-state index contributed by atoms with van der Waals surface area (Å²) >= 11 is 0. The van der Waals surface area contributed by atoms with E-state index in [-0.39, 0.29) is 10.6 Å². The molecule has 40 heavy (non-hydrogen) atoms. The number of methoxy groups -OCH3 is 2. The normalized spacial score (nSPS) is 11.4. The largest absolute Gasteiger partial charge is 0.493 e. The Kier molecular flexibility index (Phi) is 8.59. The summed E-state index contributed by atoms with van der Waals surface area (Å²) in [5, 5.41) is 4.12. The van der Waals surface area contributed by atoms with E-state index in [0.717, 1.165) is 26.9 Å². The van der Waals surface area contributed by atoms with Crippen molar-refractivity contribution in [3.8, 4) is 17.2 Å². The van der Waals surface area contributed by atoms with Gasteiger partial charge in [-0.05, 0) is 63.2 Å². The van der Waals surface area contributed by atoms with E-state index >= 15 is 0 Å². The molecule has 1 aromatic heterocycles. The maximum absolute atomic E-state index is 13.7. The Hall–Kier alpha value is -4.57. The fourth-order valence-corrected chi connectivity index (χ4v) is 5.80. The number of para-hydroxylation sites is 1. The van der Waals surface area contributed by atoms with Crippen LogP contribution >= 0.6 is 0 Å². The standard InChI is InChI=1S/C30H32N4O5S/c1-21-11-13-26(14-12-21)34-22(2)17-24(23(34)3)19-31-32-30(35)20-33(25-9-7-6-8-10-25)40(36,37)27-15-16-28(38-4)29(18-27)39-5/h6-19H,20H2,1-5H3,(H,32,35)/b31-19-. The predicted octanol–water partition coefficient (Wildman–Crippen LogP) is 4.77. The molecule has 0 radical (unpaired) electrons. The SMILES string of the molecule is COc1ccc(S(=O)(=O)N(CC(=O)N/N=C\c2cc(C)n(-c3ccc(C)cc3)c2C)c2ccccc2)cc1OC. The summed E-state index contributed by atoms with van der Waals surface area (Å²) in [5.74, 6) is 0.0481. The predicted molar refractivity (Wildman–Crippen MR) is 156 cm³/mol. The van der Waals surface area contributed by atoms with Gasteiger partial charge in [-0.1, -0.05) is 35.9 Å². The van der Waals surface area contributed by atoms with E-state index in [4.69, 9.17) is 9.47 Å². The lowest BCUT2D eigenvalue weighted by molar-refractivity contribution is -0.119. The second-order valence-electron chi connectivity index (χ2n) is 9.15. The number of hydrogen-bond donors (Lipinski definition) is 1. The van der Waals surface area contributed by atoms with Gasteiger partial charge in [0.2, 0.25) is 0 Å². The summed E-state index contributed by atoms with van der Waals surface area (Å²) in [5.41, 5.74) is 7.81. The summed E-state index contributed by atoms with van der Waals surface area (Å²) < 4.78 is 41.0. The van der Waals surface area contributed by atoms with Crippen LogP contribution in [0.15, 0.2) is 88.9 Å². The van der Waals surface area contributed by atoms with Gasteiger partial charge in [-0.2, -0.15) is 5.10 Å². The van der Waals surface area contributed by atoms with E-state index in [1.807, 2.05) is 26.8 Å². The van der Waals surface area contributed by atoms with Crippen LogP contribution in [0, 0.1) is 20.8 Å². The lowest BCUT2D eigenvalue weighted by Crippen LogP contribution is -2.39. The second-order valence-corrected chi connectivity index (χ2v) is 11.0. The molecule has 0 atom stereocenters. The van der Waals surface area contributed by atoms with Gasteiger partial charge in [0.15, 0.2) is 11.5 Å². The highest BCUT2D eigenvalue weighted by atomic mass is 32.2. The summed E-state index contributed by atoms with van der Waals surface area (Å²) in [6, 6.07) is 22.9. The highest BCUT2D eigenvalue weighted by Gasteiger charge is 2.28. The Morgan fingerprint density at radius 3 is 2.25 bits per heavy atom. The zero-order valence-corrected chi connectivity index (χ0v) is 23.9. The average molecular weight is 561 g/mol. The zero-order valence-electron chi connectivity index (χ0n) is 23.1. The number of anilines is 1. The molecule has 0 saturated heterocycles. The van der Waals surface area contributed by atoms with Crippen LogP contribution in [-0.2, 0) is 14.8 Å². The molecule has 0 bridgehead atoms. The lowest BCUT2D eigenvalue weighted by atomic mass is 10.2. The van der Waals surface area contributed by atoms with Crippen LogP contribution in [-0.4, -0.2) is 45.9 Å². The molecule has 4 rings (SSSR count). The van der Waals surface area contributed by atoms with Crippen molar-refractivity contribution in [2.75, 3.05) is 25.1 Å². The second kappa shape index (κ2) is 12.1. The first-order valence-electron chi connectivity index (χ1n) is 12.5. The highest BCUT2D eigenvalue weighted by Crippen LogP contribution is 2.32. The Bertz CT molecular complexity index is 1630. The first-order valence-corrected chi connectivity index (χ1v) is 14.0. The van der Waals surface area contributed by atoms with E-state index in [1.54, 1.807) is 36.5 Å². The van der Waals surface area contributed by atoms with Crippen LogP contribution in [0.4, 0.5) is 5.69 Å². The van der Waals surface area contributed by atoms with Gasteiger partial charge >= 0.3 is 0 Å². The number of nitrogens with one attached hydrogen (secondary N) is 1. The first-order chi connectivity index (χ1) is 19.1. The Balaban J connectivity index is 1.56. The first kappa shape index (κ1) is 28.4. The van der Waals surface area contributed by atoms with Crippen LogP contribution < -0.4 is 19.2 Å². The third-order valence-corrected chi connectivity index (χ3v) is 8.20. The quantitative estimate of drug-likeness (QED) is 0.223. The molecule has 0 unspecified atom stereocenters. The number of sulfonamides is 1. The van der Waals surface area contributed by atoms with E-state index in [2.05, 4.69) is 39.4 Å². The Morgan fingerprint density at radius 1 is 0.925 bits per heavy atom. The minimum absolute atomic E-state index is 0.0474. The van der Waals surface area contributed by atoms with Crippen LogP contribution in [0.2, 0.25) is 0 Å². The zero-order chi connectivity index (χ0) is 28.9. The summed E-state index contributed by atoms with van der Waals surface area (Å²) in [4.78, 5) is 12.9. The minimum atomic E-state index is -4.14. The van der Waals surface area contributed by atoms with Crippen molar-refractivity contribution < 1.29 is 22.7 Å². The summed E-state index contributed by atoms with van der Waals surface area (Å²) in [6.45, 7) is 5.53. The van der Waals surface area contributed by atoms with Gasteiger partial charge in [0.25, 0.3) is 15.9 Å². The molecule has 4 aromatic rings. The highest BCUT2D eigenvalue weighted by molar-refractivity contribution is 7.92. The van der Waals surface area contributed by atoms with Crippen molar-refractivity contribution in [3.05, 3.63) is 101 Å². The number of hydrazone groups is 1. The van der Waals surface area contributed by atoms with Gasteiger partial charge in [-0.3, -0.25) is 9.10 Å². The number of carbonyl (C=O) groups excluding carboxylic acids is 1. The third-order valence-electron chi connectivity index (χ3n) is 6.43. The van der Waals surface area contributed by atoms with Crippen molar-refractivity contribution >= 4 is 27.8 Å². The van der Waals surface area contributed by atoms with Crippen LogP contribution in [0.5, 0.6) is 11.5 Å². The lowest BCUT2D eigenvalue weighted by Gasteiger charge is -2.24. The molecular weight excluding hydrogens is 528 g/mol. The van der Waals surface area contributed by atoms with Crippen LogP contribution in [0.25, 0.3) is 5.69 Å². The number of aryl methyl sites for hydroxylation is 2. The van der Waals surface area contributed by atoms with E-state index < -0.39 is 22.5 Å². The van der Waals surface area contributed by atoms with Gasteiger partial charge in [0, 0.05) is 28.7 Å². The molecule has 1 amide bonds. The molecule has 3 aromatic carbocycles. The third kappa shape index (κ3) is 6.02. The summed E-state index contributed by atoms with van der Waals surface area (Å²) in [7, 11) is -1.26. The van der Waals surface area contributed by atoms with Crippen molar-refractivity contribution in [1.82, 2.24) is 9.99 Å². The molecule has 208 valence electrons. The Labute approximate surface area is 234 Å². The topological polar surface area (TPSA) is 102 Å².